The van der Waals surface area contributed by atoms with Crippen LogP contribution in [-0.2, 0) is 14.3 Å². The number of hydrogen-bond donors (Lipinski definition) is 0. The van der Waals surface area contributed by atoms with Crippen molar-refractivity contribution in [2.24, 2.45) is 11.8 Å². The lowest BCUT2D eigenvalue weighted by Gasteiger charge is -2.39. The van der Waals surface area contributed by atoms with Gasteiger partial charge in [-0.15, -0.1) is 0 Å². The largest absolute Gasteiger partial charge is 0.462 e. The normalized spacial score (nSPS) is 28.0. The molecule has 1 saturated carbocycles. The van der Waals surface area contributed by atoms with Crippen LogP contribution in [0.15, 0.2) is 11.6 Å². The summed E-state index contributed by atoms with van der Waals surface area (Å²) in [5.74, 6) is 0.763. The molecule has 2 aliphatic rings. The van der Waals surface area contributed by atoms with Crippen molar-refractivity contribution in [1.29, 1.82) is 0 Å². The van der Waals surface area contributed by atoms with Crippen molar-refractivity contribution >= 4 is 11.8 Å². The molecule has 0 aromatic rings. The van der Waals surface area contributed by atoms with Crippen LogP contribution in [0.3, 0.4) is 0 Å². The Balaban J connectivity index is 1.82. The molecule has 124 valence electrons. The zero-order valence-electron chi connectivity index (χ0n) is 14.1. The minimum absolute atomic E-state index is 0.00811. The van der Waals surface area contributed by atoms with Gasteiger partial charge in [-0.3, -0.25) is 9.59 Å². The summed E-state index contributed by atoms with van der Waals surface area (Å²) in [6.07, 6.45) is 11.6. The molecule has 0 aromatic carbocycles. The maximum absolute atomic E-state index is 12.1. The first kappa shape index (κ1) is 17.2. The van der Waals surface area contributed by atoms with E-state index in [2.05, 4.69) is 13.8 Å². The van der Waals surface area contributed by atoms with Gasteiger partial charge in [0.2, 0.25) is 0 Å². The Hall–Kier alpha value is -1.12. The summed E-state index contributed by atoms with van der Waals surface area (Å²) in [6.45, 7) is 4.31. The molecule has 1 unspecified atom stereocenters. The van der Waals surface area contributed by atoms with Crippen molar-refractivity contribution in [2.75, 3.05) is 0 Å². The predicted molar refractivity (Wildman–Crippen MR) is 87.5 cm³/mol. The Morgan fingerprint density at radius 3 is 2.82 bits per heavy atom. The molecule has 0 spiro atoms. The molecule has 0 N–H and O–H groups in total. The Morgan fingerprint density at radius 1 is 1.27 bits per heavy atom. The summed E-state index contributed by atoms with van der Waals surface area (Å²) in [7, 11) is 0. The molecule has 0 aromatic heterocycles. The van der Waals surface area contributed by atoms with Crippen LogP contribution in [0, 0.1) is 11.8 Å². The van der Waals surface area contributed by atoms with Gasteiger partial charge < -0.3 is 4.74 Å². The maximum Gasteiger partial charge on any atom is 0.306 e. The van der Waals surface area contributed by atoms with Crippen LogP contribution in [0.5, 0.6) is 0 Å². The summed E-state index contributed by atoms with van der Waals surface area (Å²) < 4.78 is 5.78. The van der Waals surface area contributed by atoms with Crippen LogP contribution in [-0.4, -0.2) is 17.9 Å². The fourth-order valence-electron chi connectivity index (χ4n) is 3.94. The lowest BCUT2D eigenvalue weighted by molar-refractivity contribution is -0.153. The first-order chi connectivity index (χ1) is 10.6. The smallest absolute Gasteiger partial charge is 0.306 e. The van der Waals surface area contributed by atoms with E-state index in [1.54, 1.807) is 0 Å². The third kappa shape index (κ3) is 4.69. The average molecular weight is 306 g/mol. The van der Waals surface area contributed by atoms with Gasteiger partial charge in [-0.05, 0) is 37.7 Å². The number of esters is 1. The molecule has 0 bridgehead atoms. The molecule has 0 aliphatic heterocycles. The number of rotatable bonds is 7. The van der Waals surface area contributed by atoms with Gasteiger partial charge in [0.15, 0.2) is 5.78 Å². The lowest BCUT2D eigenvalue weighted by atomic mass is 9.70. The van der Waals surface area contributed by atoms with Crippen LogP contribution >= 0.6 is 0 Å². The molecule has 2 rings (SSSR count). The summed E-state index contributed by atoms with van der Waals surface area (Å²) in [4.78, 5) is 23.8. The highest BCUT2D eigenvalue weighted by atomic mass is 16.5. The zero-order valence-corrected chi connectivity index (χ0v) is 14.1. The highest BCUT2D eigenvalue weighted by Gasteiger charge is 2.38. The first-order valence-electron chi connectivity index (χ1n) is 9.04. The summed E-state index contributed by atoms with van der Waals surface area (Å²) >= 11 is 0. The van der Waals surface area contributed by atoms with E-state index in [0.717, 1.165) is 32.1 Å². The molecule has 3 nitrogen and oxygen atoms in total. The molecule has 3 atom stereocenters. The van der Waals surface area contributed by atoms with Crippen LogP contribution in [0.25, 0.3) is 0 Å². The van der Waals surface area contributed by atoms with E-state index in [9.17, 15) is 9.59 Å². The van der Waals surface area contributed by atoms with E-state index in [0.29, 0.717) is 18.8 Å². The second-order valence-corrected chi connectivity index (χ2v) is 6.98. The molecule has 0 radical (unpaired) electrons. The third-order valence-electron chi connectivity index (χ3n) is 5.03. The first-order valence-corrected chi connectivity index (χ1v) is 9.04. The van der Waals surface area contributed by atoms with Crippen molar-refractivity contribution in [2.45, 2.75) is 84.2 Å². The fourth-order valence-corrected chi connectivity index (χ4v) is 3.94. The standard InChI is InChI=1S/C19H30O3/c1-3-4-5-6-7-11-18(21)22-17-10-8-9-15-13-16(20)12-14(2)19(15)17/h13-14,17,19H,3-12H2,1-2H3/t14?,17-,19-/m1/s1. The van der Waals surface area contributed by atoms with Gasteiger partial charge >= 0.3 is 5.97 Å². The molecule has 0 amide bonds. The quantitative estimate of drug-likeness (QED) is 0.510. The Labute approximate surface area is 134 Å². The number of carbonyl (C=O) groups is 2. The molecular formula is C19H30O3. The van der Waals surface area contributed by atoms with Crippen molar-refractivity contribution in [3.63, 3.8) is 0 Å². The highest BCUT2D eigenvalue weighted by Crippen LogP contribution is 2.40. The average Bonchev–Trinajstić information content (AvgIpc) is 2.46. The van der Waals surface area contributed by atoms with Crippen LogP contribution < -0.4 is 0 Å². The van der Waals surface area contributed by atoms with Crippen LogP contribution in [0.1, 0.15) is 78.1 Å². The molecule has 2 aliphatic carbocycles. The number of allylic oxidation sites excluding steroid dienone is 1. The topological polar surface area (TPSA) is 43.4 Å². The van der Waals surface area contributed by atoms with Crippen molar-refractivity contribution in [3.05, 3.63) is 11.6 Å². The van der Waals surface area contributed by atoms with Gasteiger partial charge in [-0.2, -0.15) is 0 Å². The SMILES string of the molecule is CCCCCCCC(=O)O[C@@H]1CCCC2=CC(=O)CC(C)[C@H]21. The van der Waals surface area contributed by atoms with E-state index in [4.69, 9.17) is 4.74 Å². The maximum atomic E-state index is 12.1. The van der Waals surface area contributed by atoms with Crippen molar-refractivity contribution < 1.29 is 14.3 Å². The lowest BCUT2D eigenvalue weighted by Crippen LogP contribution is -2.38. The van der Waals surface area contributed by atoms with E-state index in [1.165, 1.54) is 24.8 Å². The van der Waals surface area contributed by atoms with Gasteiger partial charge in [0.25, 0.3) is 0 Å². The third-order valence-corrected chi connectivity index (χ3v) is 5.03. The van der Waals surface area contributed by atoms with Gasteiger partial charge in [-0.25, -0.2) is 0 Å². The van der Waals surface area contributed by atoms with Crippen molar-refractivity contribution in [3.8, 4) is 0 Å². The Morgan fingerprint density at radius 2 is 2.05 bits per heavy atom. The second kappa shape index (κ2) is 8.50. The van der Waals surface area contributed by atoms with Crippen molar-refractivity contribution in [1.82, 2.24) is 0 Å². The molecule has 3 heteroatoms. The van der Waals surface area contributed by atoms with E-state index >= 15 is 0 Å². The number of fused-ring (bicyclic) bond motifs is 1. The Kier molecular flexibility index (Phi) is 6.66. The minimum atomic E-state index is -0.0492. The van der Waals surface area contributed by atoms with Gasteiger partial charge in [0, 0.05) is 18.8 Å². The second-order valence-electron chi connectivity index (χ2n) is 6.98. The van der Waals surface area contributed by atoms with Gasteiger partial charge in [0.05, 0.1) is 0 Å². The summed E-state index contributed by atoms with van der Waals surface area (Å²) in [6, 6.07) is 0. The highest BCUT2D eigenvalue weighted by molar-refractivity contribution is 5.91. The van der Waals surface area contributed by atoms with Crippen LogP contribution in [0.4, 0.5) is 0 Å². The number of ether oxygens (including phenoxy) is 1. The Bertz CT molecular complexity index is 424. The van der Waals surface area contributed by atoms with E-state index < -0.39 is 0 Å². The molecule has 0 heterocycles. The molecular weight excluding hydrogens is 276 g/mol. The van der Waals surface area contributed by atoms with Gasteiger partial charge in [0.1, 0.15) is 6.10 Å². The molecule has 0 saturated heterocycles. The number of hydrogen-bond acceptors (Lipinski definition) is 3. The number of carbonyl (C=O) groups excluding carboxylic acids is 2. The van der Waals surface area contributed by atoms with Crippen LogP contribution in [0.2, 0.25) is 0 Å². The minimum Gasteiger partial charge on any atom is -0.462 e. The summed E-state index contributed by atoms with van der Waals surface area (Å²) in [5, 5.41) is 0. The number of ketones is 1. The summed E-state index contributed by atoms with van der Waals surface area (Å²) in [5.41, 5.74) is 1.22. The van der Waals surface area contributed by atoms with E-state index in [-0.39, 0.29) is 23.8 Å². The number of unbranched alkanes of at least 4 members (excludes halogenated alkanes) is 4. The monoisotopic (exact) mass is 306 g/mol. The molecule has 1 fully saturated rings. The molecule has 22 heavy (non-hydrogen) atoms. The van der Waals surface area contributed by atoms with Gasteiger partial charge in [-0.1, -0.05) is 45.1 Å². The zero-order chi connectivity index (χ0) is 15.9. The fraction of sp³-hybridized carbons (Fsp3) is 0.789. The predicted octanol–water partition coefficient (Wildman–Crippen LogP) is 4.59. The van der Waals surface area contributed by atoms with E-state index in [1.807, 2.05) is 6.08 Å².